The predicted molar refractivity (Wildman–Crippen MR) is 122 cm³/mol. The van der Waals surface area contributed by atoms with Crippen molar-refractivity contribution in [3.05, 3.63) is 93.8 Å². The van der Waals surface area contributed by atoms with Crippen molar-refractivity contribution < 1.29 is 9.18 Å². The molecule has 1 saturated heterocycles. The van der Waals surface area contributed by atoms with Gasteiger partial charge < -0.3 is 10.2 Å². The summed E-state index contributed by atoms with van der Waals surface area (Å²) in [5, 5.41) is 19.1. The van der Waals surface area contributed by atoms with E-state index < -0.39 is 5.82 Å². The van der Waals surface area contributed by atoms with Crippen LogP contribution in [0.5, 0.6) is 0 Å². The summed E-state index contributed by atoms with van der Waals surface area (Å²) in [7, 11) is 0. The zero-order valence-electron chi connectivity index (χ0n) is 17.7. The third kappa shape index (κ3) is 4.30. The Balaban J connectivity index is 1.35. The van der Waals surface area contributed by atoms with Crippen LogP contribution < -0.4 is 10.9 Å². The molecule has 1 aliphatic rings. The van der Waals surface area contributed by atoms with Gasteiger partial charge in [-0.2, -0.15) is 10.2 Å². The van der Waals surface area contributed by atoms with E-state index in [0.717, 1.165) is 17.4 Å². The van der Waals surface area contributed by atoms with Gasteiger partial charge in [-0.25, -0.2) is 9.49 Å². The van der Waals surface area contributed by atoms with Gasteiger partial charge in [0.1, 0.15) is 11.6 Å². The fraction of sp³-hybridized carbons (Fsp3) is 0.208. The minimum atomic E-state index is -0.562. The number of anilines is 1. The van der Waals surface area contributed by atoms with Gasteiger partial charge in [0.05, 0.1) is 16.6 Å². The SMILES string of the molecule is O=C(c1cc(Cc2n[nH]c(=O)c3ccccc23)ccc1F)N1CC[C@@H](Nc2cccnn2)C1. The predicted octanol–water partition coefficient (Wildman–Crippen LogP) is 2.77. The van der Waals surface area contributed by atoms with E-state index in [-0.39, 0.29) is 23.1 Å². The number of halogens is 1. The van der Waals surface area contributed by atoms with Gasteiger partial charge in [0, 0.05) is 37.1 Å². The highest BCUT2D eigenvalue weighted by Crippen LogP contribution is 2.22. The molecule has 1 fully saturated rings. The number of carbonyl (C=O) groups excluding carboxylic acids is 1. The van der Waals surface area contributed by atoms with Gasteiger partial charge in [0.15, 0.2) is 0 Å². The second kappa shape index (κ2) is 8.78. The standard InChI is InChI=1S/C24H21FN6O2/c25-20-8-7-15(13-21-17-4-1-2-5-18(17)23(32)30-28-21)12-19(20)24(33)31-11-9-16(14-31)27-22-6-3-10-26-29-22/h1-8,10,12,16H,9,11,13-14H2,(H,27,29)(H,30,32)/t16-/m1/s1. The molecule has 0 radical (unpaired) electrons. The van der Waals surface area contributed by atoms with Gasteiger partial charge in [-0.15, -0.1) is 5.10 Å². The molecule has 1 aliphatic heterocycles. The highest BCUT2D eigenvalue weighted by molar-refractivity contribution is 5.95. The summed E-state index contributed by atoms with van der Waals surface area (Å²) < 4.78 is 14.6. The topological polar surface area (TPSA) is 104 Å². The summed E-state index contributed by atoms with van der Waals surface area (Å²) in [5.74, 6) is -0.268. The smallest absolute Gasteiger partial charge is 0.272 e. The summed E-state index contributed by atoms with van der Waals surface area (Å²) in [4.78, 5) is 26.8. The van der Waals surface area contributed by atoms with Gasteiger partial charge in [-0.3, -0.25) is 9.59 Å². The van der Waals surface area contributed by atoms with Crippen LogP contribution >= 0.6 is 0 Å². The number of carbonyl (C=O) groups is 1. The summed E-state index contributed by atoms with van der Waals surface area (Å²) in [6.07, 6.45) is 2.68. The van der Waals surface area contributed by atoms with Crippen molar-refractivity contribution in [3.63, 3.8) is 0 Å². The largest absolute Gasteiger partial charge is 0.364 e. The lowest BCUT2D eigenvalue weighted by molar-refractivity contribution is 0.0787. The highest BCUT2D eigenvalue weighted by atomic mass is 19.1. The Bertz CT molecular complexity index is 1370. The first-order valence-corrected chi connectivity index (χ1v) is 10.7. The molecule has 8 nitrogen and oxygen atoms in total. The summed E-state index contributed by atoms with van der Waals surface area (Å²) in [6, 6.07) is 15.3. The molecule has 2 aromatic heterocycles. The average molecular weight is 444 g/mol. The molecule has 0 spiro atoms. The quantitative estimate of drug-likeness (QED) is 0.491. The molecule has 166 valence electrons. The molecule has 0 saturated carbocycles. The summed E-state index contributed by atoms with van der Waals surface area (Å²) in [6.45, 7) is 0.970. The maximum Gasteiger partial charge on any atom is 0.272 e. The molecule has 33 heavy (non-hydrogen) atoms. The average Bonchev–Trinajstić information content (AvgIpc) is 3.31. The molecular formula is C24H21FN6O2. The summed E-state index contributed by atoms with van der Waals surface area (Å²) in [5.41, 5.74) is 1.16. The van der Waals surface area contributed by atoms with E-state index in [9.17, 15) is 14.0 Å². The number of amides is 1. The maximum atomic E-state index is 14.6. The molecule has 0 unspecified atom stereocenters. The van der Waals surface area contributed by atoms with Crippen LogP contribution in [-0.4, -0.2) is 50.3 Å². The number of hydrogen-bond donors (Lipinski definition) is 2. The van der Waals surface area contributed by atoms with E-state index >= 15 is 0 Å². The van der Waals surface area contributed by atoms with E-state index in [1.54, 1.807) is 41.4 Å². The number of hydrogen-bond acceptors (Lipinski definition) is 6. The van der Waals surface area contributed by atoms with Crippen LogP contribution in [0.2, 0.25) is 0 Å². The fourth-order valence-corrected chi connectivity index (χ4v) is 4.17. The Kier molecular flexibility index (Phi) is 5.52. The van der Waals surface area contributed by atoms with E-state index in [2.05, 4.69) is 25.7 Å². The van der Waals surface area contributed by atoms with Gasteiger partial charge in [-0.05, 0) is 42.3 Å². The molecule has 4 aromatic rings. The van der Waals surface area contributed by atoms with Crippen LogP contribution in [0.15, 0.2) is 65.6 Å². The Morgan fingerprint density at radius 2 is 2.00 bits per heavy atom. The first kappa shape index (κ1) is 20.7. The number of nitrogens with zero attached hydrogens (tertiary/aromatic N) is 4. The number of fused-ring (bicyclic) bond motifs is 1. The van der Waals surface area contributed by atoms with E-state index in [1.165, 1.54) is 6.07 Å². The lowest BCUT2D eigenvalue weighted by Gasteiger charge is -2.18. The molecule has 2 aromatic carbocycles. The van der Waals surface area contributed by atoms with Gasteiger partial charge in [0.2, 0.25) is 0 Å². The number of rotatable bonds is 5. The Morgan fingerprint density at radius 3 is 2.82 bits per heavy atom. The Hall–Kier alpha value is -4.14. The van der Waals surface area contributed by atoms with E-state index in [1.807, 2.05) is 18.2 Å². The van der Waals surface area contributed by atoms with Crippen molar-refractivity contribution in [2.75, 3.05) is 18.4 Å². The molecular weight excluding hydrogens is 423 g/mol. The van der Waals surface area contributed by atoms with Crippen LogP contribution in [0, 0.1) is 5.82 Å². The molecule has 0 bridgehead atoms. The van der Waals surface area contributed by atoms with Crippen LogP contribution in [0.4, 0.5) is 10.2 Å². The lowest BCUT2D eigenvalue weighted by atomic mass is 10.0. The van der Waals surface area contributed by atoms with Crippen LogP contribution in [0.3, 0.4) is 0 Å². The number of nitrogens with one attached hydrogen (secondary N) is 2. The molecule has 1 atom stereocenters. The fourth-order valence-electron chi connectivity index (χ4n) is 4.17. The molecule has 0 aliphatic carbocycles. The third-order valence-electron chi connectivity index (χ3n) is 5.81. The molecule has 2 N–H and O–H groups in total. The van der Waals surface area contributed by atoms with Crippen molar-refractivity contribution >= 4 is 22.5 Å². The second-order valence-electron chi connectivity index (χ2n) is 8.03. The number of aromatic nitrogens is 4. The minimum Gasteiger partial charge on any atom is -0.364 e. The zero-order valence-corrected chi connectivity index (χ0v) is 17.7. The Morgan fingerprint density at radius 1 is 1.15 bits per heavy atom. The second-order valence-corrected chi connectivity index (χ2v) is 8.03. The number of aromatic amines is 1. The minimum absolute atomic E-state index is 0.0219. The molecule has 5 rings (SSSR count). The number of benzene rings is 2. The third-order valence-corrected chi connectivity index (χ3v) is 5.81. The number of H-pyrrole nitrogens is 1. The van der Waals surface area contributed by atoms with E-state index in [0.29, 0.717) is 36.4 Å². The Labute approximate surface area is 188 Å². The summed E-state index contributed by atoms with van der Waals surface area (Å²) >= 11 is 0. The number of likely N-dealkylation sites (tertiary alicyclic amines) is 1. The molecule has 1 amide bonds. The van der Waals surface area contributed by atoms with Crippen LogP contribution in [0.25, 0.3) is 10.8 Å². The van der Waals surface area contributed by atoms with Crippen molar-refractivity contribution in [3.8, 4) is 0 Å². The highest BCUT2D eigenvalue weighted by Gasteiger charge is 2.28. The first-order valence-electron chi connectivity index (χ1n) is 10.7. The van der Waals surface area contributed by atoms with Crippen molar-refractivity contribution in [1.29, 1.82) is 0 Å². The van der Waals surface area contributed by atoms with Crippen molar-refractivity contribution in [1.82, 2.24) is 25.3 Å². The van der Waals surface area contributed by atoms with E-state index in [4.69, 9.17) is 0 Å². The first-order chi connectivity index (χ1) is 16.1. The van der Waals surface area contributed by atoms with Crippen molar-refractivity contribution in [2.45, 2.75) is 18.9 Å². The molecule has 9 heteroatoms. The van der Waals surface area contributed by atoms with Gasteiger partial charge in [-0.1, -0.05) is 24.3 Å². The van der Waals surface area contributed by atoms with Gasteiger partial charge >= 0.3 is 0 Å². The lowest BCUT2D eigenvalue weighted by Crippen LogP contribution is -2.32. The normalized spacial score (nSPS) is 15.7. The zero-order chi connectivity index (χ0) is 22.8. The monoisotopic (exact) mass is 444 g/mol. The van der Waals surface area contributed by atoms with Gasteiger partial charge in [0.25, 0.3) is 11.5 Å². The van der Waals surface area contributed by atoms with Crippen LogP contribution in [-0.2, 0) is 6.42 Å². The van der Waals surface area contributed by atoms with Crippen molar-refractivity contribution in [2.24, 2.45) is 0 Å². The van der Waals surface area contributed by atoms with Crippen LogP contribution in [0.1, 0.15) is 28.0 Å². The molecule has 3 heterocycles. The maximum absolute atomic E-state index is 14.6.